The SMILES string of the molecule is C[C@H]1[C@@H](CN(C)C[C@@H](O)c2cccc(O)c2)O[C@@H](c2ccc(CNC(=O)CCCC(=O)O)cc2)O[C@H]1c1ccc(CO)cc1. The molecular formula is C34H42N2O8. The molecule has 0 radical (unpaired) electrons. The summed E-state index contributed by atoms with van der Waals surface area (Å²) in [5.74, 6) is -1.05. The second-order valence-electron chi connectivity index (χ2n) is 11.4. The van der Waals surface area contributed by atoms with Gasteiger partial charge < -0.3 is 40.1 Å². The van der Waals surface area contributed by atoms with Crippen LogP contribution < -0.4 is 5.32 Å². The lowest BCUT2D eigenvalue weighted by Crippen LogP contribution is -2.44. The Balaban J connectivity index is 1.45. The third-order valence-corrected chi connectivity index (χ3v) is 7.89. The minimum atomic E-state index is -0.917. The lowest BCUT2D eigenvalue weighted by molar-refractivity contribution is -0.276. The van der Waals surface area contributed by atoms with Gasteiger partial charge in [0.1, 0.15) is 5.75 Å². The third kappa shape index (κ3) is 9.35. The average Bonchev–Trinajstić information content (AvgIpc) is 3.01. The normalized spacial score (nSPS) is 20.8. The van der Waals surface area contributed by atoms with Crippen LogP contribution in [0.5, 0.6) is 5.75 Å². The molecule has 1 saturated heterocycles. The van der Waals surface area contributed by atoms with Crippen LogP contribution in [0.3, 0.4) is 0 Å². The van der Waals surface area contributed by atoms with E-state index in [1.807, 2.05) is 60.5 Å². The van der Waals surface area contributed by atoms with Crippen molar-refractivity contribution in [1.29, 1.82) is 0 Å². The molecule has 0 unspecified atom stereocenters. The van der Waals surface area contributed by atoms with Crippen molar-refractivity contribution in [3.63, 3.8) is 0 Å². The van der Waals surface area contributed by atoms with Crippen LogP contribution in [0.25, 0.3) is 0 Å². The van der Waals surface area contributed by atoms with E-state index in [0.29, 0.717) is 31.6 Å². The first kappa shape index (κ1) is 33.1. The van der Waals surface area contributed by atoms with Crippen LogP contribution >= 0.6 is 0 Å². The number of likely N-dealkylation sites (N-methyl/N-ethyl adjacent to an activating group) is 1. The van der Waals surface area contributed by atoms with Crippen molar-refractivity contribution < 1.29 is 39.5 Å². The van der Waals surface area contributed by atoms with Gasteiger partial charge in [-0.3, -0.25) is 9.59 Å². The lowest BCUT2D eigenvalue weighted by Gasteiger charge is -2.42. The fourth-order valence-corrected chi connectivity index (χ4v) is 5.32. The first-order valence-electron chi connectivity index (χ1n) is 14.9. The number of aliphatic carboxylic acids is 1. The summed E-state index contributed by atoms with van der Waals surface area (Å²) in [6.45, 7) is 3.22. The molecule has 10 heteroatoms. The van der Waals surface area contributed by atoms with Gasteiger partial charge in [-0.2, -0.15) is 0 Å². The first-order chi connectivity index (χ1) is 21.1. The maximum absolute atomic E-state index is 12.1. The van der Waals surface area contributed by atoms with E-state index in [9.17, 15) is 24.9 Å². The number of rotatable bonds is 14. The number of phenols is 1. The number of carboxylic acids is 1. The van der Waals surface area contributed by atoms with Crippen molar-refractivity contribution in [2.24, 2.45) is 5.92 Å². The molecule has 0 aromatic heterocycles. The van der Waals surface area contributed by atoms with E-state index in [0.717, 1.165) is 22.3 Å². The topological polar surface area (TPSA) is 149 Å². The van der Waals surface area contributed by atoms with Crippen molar-refractivity contribution in [3.8, 4) is 5.75 Å². The fraction of sp³-hybridized carbons (Fsp3) is 0.412. The van der Waals surface area contributed by atoms with E-state index in [2.05, 4.69) is 12.2 Å². The van der Waals surface area contributed by atoms with Crippen molar-refractivity contribution in [3.05, 3.63) is 101 Å². The average molecular weight is 607 g/mol. The standard InChI is InChI=1S/C34H42N2O8/c1-22-30(20-36(2)19-29(39)27-5-3-6-28(38)17-27)43-34(44-33(22)25-13-11-24(21-37)12-14-25)26-15-9-23(10-16-26)18-35-31(40)7-4-8-32(41)42/h3,5-6,9-17,22,29-30,33-34,37-39H,4,7-8,18-21H2,1-2H3,(H,35,40)(H,41,42)/t22-,29+,30+,33+,34+/m0/s1. The predicted molar refractivity (Wildman–Crippen MR) is 163 cm³/mol. The van der Waals surface area contributed by atoms with Crippen molar-refractivity contribution >= 4 is 11.9 Å². The van der Waals surface area contributed by atoms with Crippen LogP contribution in [0.15, 0.2) is 72.8 Å². The Kier molecular flexibility index (Phi) is 11.9. The number of aliphatic hydroxyl groups is 2. The minimum absolute atomic E-state index is 0.0381. The number of aliphatic hydroxyl groups excluding tert-OH is 2. The molecule has 0 bridgehead atoms. The fourth-order valence-electron chi connectivity index (χ4n) is 5.32. The molecule has 1 aliphatic rings. The van der Waals surface area contributed by atoms with Crippen LogP contribution in [0.2, 0.25) is 0 Å². The molecule has 5 atom stereocenters. The van der Waals surface area contributed by atoms with E-state index in [-0.39, 0.29) is 49.2 Å². The summed E-state index contributed by atoms with van der Waals surface area (Å²) < 4.78 is 13.0. The van der Waals surface area contributed by atoms with E-state index < -0.39 is 18.4 Å². The molecule has 1 aliphatic heterocycles. The molecular weight excluding hydrogens is 564 g/mol. The summed E-state index contributed by atoms with van der Waals surface area (Å²) in [4.78, 5) is 24.7. The molecule has 1 amide bonds. The third-order valence-electron chi connectivity index (χ3n) is 7.89. The van der Waals surface area contributed by atoms with Gasteiger partial charge in [-0.25, -0.2) is 0 Å². The summed E-state index contributed by atoms with van der Waals surface area (Å²) >= 11 is 0. The molecule has 3 aromatic carbocycles. The summed E-state index contributed by atoms with van der Waals surface area (Å²) in [6, 6.07) is 21.9. The molecule has 1 heterocycles. The molecule has 0 aliphatic carbocycles. The highest BCUT2D eigenvalue weighted by Crippen LogP contribution is 2.42. The second-order valence-corrected chi connectivity index (χ2v) is 11.4. The molecule has 0 saturated carbocycles. The number of amides is 1. The van der Waals surface area contributed by atoms with E-state index >= 15 is 0 Å². The number of carbonyl (C=O) groups excluding carboxylic acids is 1. The Labute approximate surface area is 257 Å². The summed E-state index contributed by atoms with van der Waals surface area (Å²) in [7, 11) is 1.92. The Morgan fingerprint density at radius 2 is 1.64 bits per heavy atom. The van der Waals surface area contributed by atoms with Gasteiger partial charge in [-0.05, 0) is 47.9 Å². The van der Waals surface area contributed by atoms with Gasteiger partial charge in [0.15, 0.2) is 6.29 Å². The molecule has 0 spiro atoms. The summed E-state index contributed by atoms with van der Waals surface area (Å²) in [5, 5.41) is 41.7. The van der Waals surface area contributed by atoms with Crippen LogP contribution in [0, 0.1) is 5.92 Å². The van der Waals surface area contributed by atoms with Gasteiger partial charge >= 0.3 is 5.97 Å². The van der Waals surface area contributed by atoms with E-state index in [1.54, 1.807) is 24.3 Å². The summed E-state index contributed by atoms with van der Waals surface area (Å²) in [5.41, 5.74) is 4.12. The van der Waals surface area contributed by atoms with Gasteiger partial charge in [-0.15, -0.1) is 0 Å². The van der Waals surface area contributed by atoms with Crippen LogP contribution in [-0.2, 0) is 32.2 Å². The molecule has 1 fully saturated rings. The molecule has 44 heavy (non-hydrogen) atoms. The monoisotopic (exact) mass is 606 g/mol. The molecule has 4 rings (SSSR count). The molecule has 236 valence electrons. The highest BCUT2D eigenvalue weighted by atomic mass is 16.7. The number of aromatic hydroxyl groups is 1. The zero-order valence-electron chi connectivity index (χ0n) is 25.1. The van der Waals surface area contributed by atoms with Gasteiger partial charge in [0.05, 0.1) is 24.9 Å². The smallest absolute Gasteiger partial charge is 0.303 e. The number of ether oxygens (including phenoxy) is 2. The van der Waals surface area contributed by atoms with Crippen molar-refractivity contribution in [2.45, 2.75) is 63.9 Å². The highest BCUT2D eigenvalue weighted by Gasteiger charge is 2.39. The number of carbonyl (C=O) groups is 2. The number of nitrogens with one attached hydrogen (secondary N) is 1. The van der Waals surface area contributed by atoms with Gasteiger partial charge in [0.2, 0.25) is 5.91 Å². The number of phenolic OH excluding ortho intramolecular Hbond substituents is 1. The predicted octanol–water partition coefficient (Wildman–Crippen LogP) is 4.21. The Morgan fingerprint density at radius 1 is 0.955 bits per heavy atom. The van der Waals surface area contributed by atoms with Gasteiger partial charge in [0.25, 0.3) is 0 Å². The summed E-state index contributed by atoms with van der Waals surface area (Å²) in [6.07, 6.45) is -1.57. The maximum atomic E-state index is 12.1. The Morgan fingerprint density at radius 3 is 2.30 bits per heavy atom. The van der Waals surface area contributed by atoms with Crippen LogP contribution in [0.1, 0.15) is 72.5 Å². The zero-order chi connectivity index (χ0) is 31.6. The quantitative estimate of drug-likeness (QED) is 0.182. The van der Waals surface area contributed by atoms with Gasteiger partial charge in [0, 0.05) is 44.0 Å². The van der Waals surface area contributed by atoms with Crippen molar-refractivity contribution in [2.75, 3.05) is 20.1 Å². The van der Waals surface area contributed by atoms with Crippen LogP contribution in [0.4, 0.5) is 0 Å². The second kappa shape index (κ2) is 15.8. The molecule has 3 aromatic rings. The number of nitrogens with zero attached hydrogens (tertiary/aromatic N) is 1. The number of hydrogen-bond donors (Lipinski definition) is 5. The highest BCUT2D eigenvalue weighted by molar-refractivity contribution is 5.76. The van der Waals surface area contributed by atoms with E-state index in [1.165, 1.54) is 0 Å². The maximum Gasteiger partial charge on any atom is 0.303 e. The van der Waals surface area contributed by atoms with E-state index in [4.69, 9.17) is 14.6 Å². The first-order valence-corrected chi connectivity index (χ1v) is 14.9. The Bertz CT molecular complexity index is 1360. The zero-order valence-corrected chi connectivity index (χ0v) is 25.1. The number of benzene rings is 3. The largest absolute Gasteiger partial charge is 0.508 e. The van der Waals surface area contributed by atoms with Crippen molar-refractivity contribution in [1.82, 2.24) is 10.2 Å². The number of hydrogen-bond acceptors (Lipinski definition) is 8. The van der Waals surface area contributed by atoms with Crippen LogP contribution in [-0.4, -0.2) is 63.4 Å². The van der Waals surface area contributed by atoms with Gasteiger partial charge in [-0.1, -0.05) is 67.6 Å². The molecule has 5 N–H and O–H groups in total. The molecule has 10 nitrogen and oxygen atoms in total. The number of carboxylic acid groups (broad SMARTS) is 1. The minimum Gasteiger partial charge on any atom is -0.508 e. The Hall–Kier alpha value is -3.80. The lowest BCUT2D eigenvalue weighted by atomic mass is 9.90.